The van der Waals surface area contributed by atoms with E-state index < -0.39 is 27.3 Å². The second-order valence-electron chi connectivity index (χ2n) is 7.30. The summed E-state index contributed by atoms with van der Waals surface area (Å²) in [6.07, 6.45) is 4.02. The van der Waals surface area contributed by atoms with Crippen molar-refractivity contribution in [1.29, 1.82) is 0 Å². The molecule has 0 fully saturated rings. The predicted molar refractivity (Wildman–Crippen MR) is 124 cm³/mol. The molecule has 164 valence electrons. The molecule has 0 aliphatic carbocycles. The highest BCUT2D eigenvalue weighted by molar-refractivity contribution is 7.89. The van der Waals surface area contributed by atoms with Crippen molar-refractivity contribution < 1.29 is 17.6 Å². The number of carbonyl (C=O) groups is 1. The van der Waals surface area contributed by atoms with Crippen LogP contribution < -0.4 is 4.72 Å². The Morgan fingerprint density at radius 3 is 2.41 bits per heavy atom. The van der Waals surface area contributed by atoms with Crippen LogP contribution in [0.5, 0.6) is 0 Å². The molecule has 2 heterocycles. The number of carbonyl (C=O) groups excluding carboxylic acids is 1. The molecule has 32 heavy (non-hydrogen) atoms. The van der Waals surface area contributed by atoms with Crippen molar-refractivity contribution in [2.24, 2.45) is 0 Å². The largest absolute Gasteiger partial charge is 0.298 e. The van der Waals surface area contributed by atoms with E-state index in [-0.39, 0.29) is 10.7 Å². The van der Waals surface area contributed by atoms with Gasteiger partial charge in [0.05, 0.1) is 27.6 Å². The minimum absolute atomic E-state index is 0.0167. The number of pyridine rings is 1. The van der Waals surface area contributed by atoms with Gasteiger partial charge in [0.2, 0.25) is 10.0 Å². The van der Waals surface area contributed by atoms with Crippen LogP contribution in [0.2, 0.25) is 10.0 Å². The van der Waals surface area contributed by atoms with Crippen LogP contribution in [-0.4, -0.2) is 30.1 Å². The average Bonchev–Trinajstić information content (AvgIpc) is 3.04. The summed E-state index contributed by atoms with van der Waals surface area (Å²) in [5.41, 5.74) is 3.12. The van der Waals surface area contributed by atoms with Crippen molar-refractivity contribution in [1.82, 2.24) is 14.3 Å². The minimum Gasteiger partial charge on any atom is -0.298 e. The lowest BCUT2D eigenvalue weighted by Crippen LogP contribution is -2.30. The van der Waals surface area contributed by atoms with Gasteiger partial charge in [-0.2, -0.15) is 0 Å². The zero-order valence-corrected chi connectivity index (χ0v) is 19.2. The first-order chi connectivity index (χ1) is 15.0. The average molecular weight is 492 g/mol. The fraction of sp³-hybridized carbons (Fsp3) is 0.0909. The summed E-state index contributed by atoms with van der Waals surface area (Å²) < 4.78 is 40.5. The van der Waals surface area contributed by atoms with Crippen LogP contribution in [0.1, 0.15) is 15.9 Å². The van der Waals surface area contributed by atoms with E-state index in [4.69, 9.17) is 23.2 Å². The van der Waals surface area contributed by atoms with Crippen LogP contribution in [0.4, 0.5) is 4.39 Å². The molecule has 0 unspecified atom stereocenters. The fourth-order valence-electron chi connectivity index (χ4n) is 3.28. The number of sulfonamides is 1. The van der Waals surface area contributed by atoms with Crippen molar-refractivity contribution in [3.8, 4) is 16.8 Å². The van der Waals surface area contributed by atoms with Crippen LogP contribution in [0.15, 0.2) is 54.9 Å². The van der Waals surface area contributed by atoms with Crippen molar-refractivity contribution in [3.63, 3.8) is 0 Å². The number of rotatable bonds is 4. The maximum Gasteiger partial charge on any atom is 0.267 e. The van der Waals surface area contributed by atoms with Crippen molar-refractivity contribution in [2.75, 3.05) is 6.26 Å². The van der Waals surface area contributed by atoms with Gasteiger partial charge in [-0.05, 0) is 24.6 Å². The summed E-state index contributed by atoms with van der Waals surface area (Å²) in [7, 11) is -3.86. The Hall–Kier alpha value is -2.94. The van der Waals surface area contributed by atoms with Crippen LogP contribution in [-0.2, 0) is 10.0 Å². The molecule has 0 saturated heterocycles. The van der Waals surface area contributed by atoms with E-state index in [0.717, 1.165) is 35.1 Å². The maximum absolute atomic E-state index is 14.7. The lowest BCUT2D eigenvalue weighted by Gasteiger charge is -2.11. The third kappa shape index (κ3) is 4.34. The highest BCUT2D eigenvalue weighted by Gasteiger charge is 2.20. The summed E-state index contributed by atoms with van der Waals surface area (Å²) in [5, 5.41) is 1.04. The number of benzene rings is 2. The number of aromatic nitrogens is 2. The Balaban J connectivity index is 1.79. The third-order valence-electron chi connectivity index (χ3n) is 4.80. The van der Waals surface area contributed by atoms with Gasteiger partial charge >= 0.3 is 0 Å². The SMILES string of the molecule is Cc1ccc(-c2cnc3c(c2)c(Cl)cn3-c2cc(F)c(C(=O)NS(C)(=O)=O)cc2Cl)cc1. The number of aryl methyl sites for hydroxylation is 1. The Morgan fingerprint density at radius 2 is 1.75 bits per heavy atom. The van der Waals surface area contributed by atoms with E-state index in [1.54, 1.807) is 17.1 Å². The molecular formula is C22H16Cl2FN3O3S. The van der Waals surface area contributed by atoms with Gasteiger partial charge < -0.3 is 0 Å². The molecule has 0 saturated carbocycles. The summed E-state index contributed by atoms with van der Waals surface area (Å²) in [6, 6.07) is 11.9. The molecule has 10 heteroatoms. The molecule has 1 N–H and O–H groups in total. The van der Waals surface area contributed by atoms with E-state index in [0.29, 0.717) is 16.1 Å². The second kappa shape index (κ2) is 8.20. The molecule has 0 aliphatic rings. The number of nitrogens with zero attached hydrogens (tertiary/aromatic N) is 2. The van der Waals surface area contributed by atoms with Gasteiger partial charge in [-0.15, -0.1) is 0 Å². The maximum atomic E-state index is 14.7. The Bertz CT molecular complexity index is 1480. The van der Waals surface area contributed by atoms with Gasteiger partial charge in [0, 0.05) is 29.4 Å². The smallest absolute Gasteiger partial charge is 0.267 e. The van der Waals surface area contributed by atoms with Gasteiger partial charge in [-0.25, -0.2) is 22.5 Å². The molecule has 0 spiro atoms. The number of nitrogens with one attached hydrogen (secondary N) is 1. The van der Waals surface area contributed by atoms with E-state index in [2.05, 4.69) is 4.98 Å². The summed E-state index contributed by atoms with van der Waals surface area (Å²) in [5.74, 6) is -2.06. The van der Waals surface area contributed by atoms with Crippen LogP contribution in [0.3, 0.4) is 0 Å². The van der Waals surface area contributed by atoms with Gasteiger partial charge in [0.25, 0.3) is 5.91 Å². The first-order valence-electron chi connectivity index (χ1n) is 9.28. The molecule has 2 aromatic carbocycles. The van der Waals surface area contributed by atoms with Crippen molar-refractivity contribution >= 4 is 50.2 Å². The van der Waals surface area contributed by atoms with E-state index in [1.165, 1.54) is 4.57 Å². The lowest BCUT2D eigenvalue weighted by molar-refractivity contribution is 0.0978. The highest BCUT2D eigenvalue weighted by atomic mass is 35.5. The summed E-state index contributed by atoms with van der Waals surface area (Å²) in [6.45, 7) is 2.00. The molecule has 1 amide bonds. The zero-order chi connectivity index (χ0) is 23.2. The molecule has 0 radical (unpaired) electrons. The van der Waals surface area contributed by atoms with Crippen molar-refractivity contribution in [2.45, 2.75) is 6.92 Å². The molecule has 4 aromatic rings. The summed E-state index contributed by atoms with van der Waals surface area (Å²) in [4.78, 5) is 16.6. The fourth-order valence-corrected chi connectivity index (χ4v) is 4.21. The zero-order valence-electron chi connectivity index (χ0n) is 16.9. The van der Waals surface area contributed by atoms with E-state index in [9.17, 15) is 17.6 Å². The quantitative estimate of drug-likeness (QED) is 0.428. The highest BCUT2D eigenvalue weighted by Crippen LogP contribution is 2.34. The Kier molecular flexibility index (Phi) is 5.70. The topological polar surface area (TPSA) is 81.1 Å². The molecule has 0 bridgehead atoms. The number of fused-ring (bicyclic) bond motifs is 1. The van der Waals surface area contributed by atoms with Gasteiger partial charge in [0.1, 0.15) is 11.5 Å². The number of hydrogen-bond acceptors (Lipinski definition) is 4. The number of amides is 1. The molecule has 2 aromatic heterocycles. The second-order valence-corrected chi connectivity index (χ2v) is 9.86. The molecular weight excluding hydrogens is 476 g/mol. The summed E-state index contributed by atoms with van der Waals surface area (Å²) >= 11 is 12.7. The molecule has 6 nitrogen and oxygen atoms in total. The number of halogens is 3. The molecule has 0 atom stereocenters. The minimum atomic E-state index is -3.86. The van der Waals surface area contributed by atoms with Crippen LogP contribution in [0.25, 0.3) is 27.8 Å². The Morgan fingerprint density at radius 1 is 1.06 bits per heavy atom. The third-order valence-corrected chi connectivity index (χ3v) is 5.96. The van der Waals surface area contributed by atoms with E-state index in [1.807, 2.05) is 37.3 Å². The first kappa shape index (κ1) is 22.3. The van der Waals surface area contributed by atoms with Crippen LogP contribution >= 0.6 is 23.2 Å². The van der Waals surface area contributed by atoms with Gasteiger partial charge in [-0.1, -0.05) is 53.0 Å². The predicted octanol–water partition coefficient (Wildman–Crippen LogP) is 5.14. The lowest BCUT2D eigenvalue weighted by atomic mass is 10.1. The standard InChI is InChI=1S/C22H16Cl2FN3O3S/c1-12-3-5-13(6-4-12)14-7-15-18(24)11-28(21(15)26-10-14)20-9-19(25)16(8-17(20)23)22(29)27-32(2,30)31/h3-11H,1-2H3,(H,27,29). The first-order valence-corrected chi connectivity index (χ1v) is 11.9. The van der Waals surface area contributed by atoms with Gasteiger partial charge in [-0.3, -0.25) is 9.36 Å². The van der Waals surface area contributed by atoms with Gasteiger partial charge in [0.15, 0.2) is 0 Å². The van der Waals surface area contributed by atoms with Crippen LogP contribution in [0, 0.1) is 12.7 Å². The molecule has 0 aliphatic heterocycles. The van der Waals surface area contributed by atoms with Crippen molar-refractivity contribution in [3.05, 3.63) is 81.8 Å². The Labute approximate surface area is 193 Å². The normalized spacial score (nSPS) is 11.7. The molecule has 4 rings (SSSR count). The monoisotopic (exact) mass is 491 g/mol. The number of hydrogen-bond donors (Lipinski definition) is 1. The van der Waals surface area contributed by atoms with E-state index >= 15 is 0 Å².